The van der Waals surface area contributed by atoms with E-state index in [0.29, 0.717) is 37.2 Å². The van der Waals surface area contributed by atoms with Crippen LogP contribution in [0.1, 0.15) is 37.7 Å². The molecule has 0 amide bonds. The number of benzene rings is 1. The van der Waals surface area contributed by atoms with E-state index in [0.717, 1.165) is 30.2 Å². The quantitative estimate of drug-likeness (QED) is 0.840. The van der Waals surface area contributed by atoms with Gasteiger partial charge in [-0.05, 0) is 67.1 Å². The van der Waals surface area contributed by atoms with Gasteiger partial charge in [0.05, 0.1) is 18.1 Å². The molecule has 6 heteroatoms. The third-order valence-corrected chi connectivity index (χ3v) is 9.44. The van der Waals surface area contributed by atoms with Crippen molar-refractivity contribution in [2.24, 2.45) is 23.7 Å². The number of fused-ring (bicyclic) bond motifs is 5. The summed E-state index contributed by atoms with van der Waals surface area (Å²) in [6, 6.07) is 8.11. The molecule has 27 heavy (non-hydrogen) atoms. The van der Waals surface area contributed by atoms with Gasteiger partial charge in [-0.1, -0.05) is 18.6 Å². The van der Waals surface area contributed by atoms with Gasteiger partial charge in [-0.15, -0.1) is 0 Å². The van der Waals surface area contributed by atoms with Gasteiger partial charge in [0.25, 0.3) is 0 Å². The van der Waals surface area contributed by atoms with Crippen LogP contribution < -0.4 is 5.32 Å². The topological polar surface area (TPSA) is 58.6 Å². The molecule has 1 aromatic rings. The Bertz CT molecular complexity index is 773. The predicted molar refractivity (Wildman–Crippen MR) is 104 cm³/mol. The minimum atomic E-state index is -3.39. The van der Waals surface area contributed by atoms with Crippen molar-refractivity contribution in [2.75, 3.05) is 26.3 Å². The van der Waals surface area contributed by atoms with Crippen molar-refractivity contribution in [1.29, 1.82) is 0 Å². The summed E-state index contributed by atoms with van der Waals surface area (Å²) in [4.78, 5) is 0.391. The van der Waals surface area contributed by atoms with Crippen molar-refractivity contribution in [2.45, 2.75) is 49.6 Å². The Balaban J connectivity index is 1.20. The third kappa shape index (κ3) is 3.24. The molecule has 2 bridgehead atoms. The molecule has 1 aromatic carbocycles. The molecule has 0 spiro atoms. The first-order chi connectivity index (χ1) is 13.1. The summed E-state index contributed by atoms with van der Waals surface area (Å²) < 4.78 is 32.2. The zero-order valence-corrected chi connectivity index (χ0v) is 16.7. The molecule has 148 valence electrons. The Kier molecular flexibility index (Phi) is 4.79. The molecule has 5 atom stereocenters. The molecule has 1 aliphatic heterocycles. The van der Waals surface area contributed by atoms with Crippen LogP contribution in [0.4, 0.5) is 0 Å². The number of nitrogens with one attached hydrogen (secondary N) is 1. The lowest BCUT2D eigenvalue weighted by Crippen LogP contribution is -2.40. The zero-order valence-electron chi connectivity index (χ0n) is 15.8. The minimum absolute atomic E-state index is 0.391. The van der Waals surface area contributed by atoms with Gasteiger partial charge in [-0.3, -0.25) is 0 Å². The van der Waals surface area contributed by atoms with Crippen LogP contribution in [0.2, 0.25) is 0 Å². The summed E-state index contributed by atoms with van der Waals surface area (Å²) in [6.45, 7) is 2.68. The number of nitrogens with zero attached hydrogens (tertiary/aromatic N) is 1. The molecule has 0 radical (unpaired) electrons. The van der Waals surface area contributed by atoms with E-state index in [9.17, 15) is 8.42 Å². The van der Waals surface area contributed by atoms with E-state index in [2.05, 4.69) is 5.32 Å². The molecule has 4 fully saturated rings. The van der Waals surface area contributed by atoms with Crippen LogP contribution in [-0.4, -0.2) is 45.1 Å². The maximum Gasteiger partial charge on any atom is 0.243 e. The van der Waals surface area contributed by atoms with E-state index >= 15 is 0 Å². The highest BCUT2D eigenvalue weighted by Crippen LogP contribution is 2.58. The van der Waals surface area contributed by atoms with Crippen LogP contribution in [-0.2, 0) is 21.3 Å². The zero-order chi connectivity index (χ0) is 18.4. The number of rotatable bonds is 5. The lowest BCUT2D eigenvalue weighted by molar-refractivity contribution is 0.0730. The van der Waals surface area contributed by atoms with Crippen molar-refractivity contribution in [3.8, 4) is 0 Å². The van der Waals surface area contributed by atoms with Crippen molar-refractivity contribution >= 4 is 10.0 Å². The fourth-order valence-electron chi connectivity index (χ4n) is 6.27. The Labute approximate surface area is 162 Å². The van der Waals surface area contributed by atoms with Gasteiger partial charge < -0.3 is 10.1 Å². The molecular weight excluding hydrogens is 360 g/mol. The average Bonchev–Trinajstić information content (AvgIpc) is 3.41. The highest BCUT2D eigenvalue weighted by molar-refractivity contribution is 7.89. The van der Waals surface area contributed by atoms with Gasteiger partial charge in [0, 0.05) is 25.7 Å². The summed E-state index contributed by atoms with van der Waals surface area (Å²) in [5.41, 5.74) is 1.17. The third-order valence-electron chi connectivity index (χ3n) is 7.53. The number of hydrogen-bond acceptors (Lipinski definition) is 4. The predicted octanol–water partition coefficient (Wildman–Crippen LogP) is 2.62. The van der Waals surface area contributed by atoms with Gasteiger partial charge in [0.1, 0.15) is 0 Å². The van der Waals surface area contributed by atoms with Gasteiger partial charge >= 0.3 is 0 Å². The molecule has 3 saturated carbocycles. The summed E-state index contributed by atoms with van der Waals surface area (Å²) in [6.07, 6.45) is 7.13. The van der Waals surface area contributed by atoms with E-state index in [1.165, 1.54) is 42.0 Å². The Morgan fingerprint density at radius 2 is 1.74 bits per heavy atom. The summed E-state index contributed by atoms with van der Waals surface area (Å²) in [7, 11) is -3.39. The second-order valence-electron chi connectivity index (χ2n) is 8.80. The summed E-state index contributed by atoms with van der Waals surface area (Å²) >= 11 is 0. The van der Waals surface area contributed by atoms with E-state index < -0.39 is 10.0 Å². The molecule has 3 aliphatic carbocycles. The van der Waals surface area contributed by atoms with Crippen LogP contribution in [0.25, 0.3) is 0 Å². The lowest BCUT2D eigenvalue weighted by atomic mass is 9.79. The van der Waals surface area contributed by atoms with E-state index in [-0.39, 0.29) is 0 Å². The maximum atomic E-state index is 12.7. The first kappa shape index (κ1) is 18.1. The number of morpholine rings is 1. The highest BCUT2D eigenvalue weighted by Gasteiger charge is 2.53. The second kappa shape index (κ2) is 7.14. The van der Waals surface area contributed by atoms with Crippen LogP contribution >= 0.6 is 0 Å². The first-order valence-corrected chi connectivity index (χ1v) is 12.0. The largest absolute Gasteiger partial charge is 0.379 e. The molecule has 1 N–H and O–H groups in total. The van der Waals surface area contributed by atoms with Crippen LogP contribution in [0.15, 0.2) is 29.2 Å². The fraction of sp³-hybridized carbons (Fsp3) is 0.714. The molecular formula is C21H30N2O3S. The molecule has 0 aromatic heterocycles. The van der Waals surface area contributed by atoms with Crippen molar-refractivity contribution in [1.82, 2.24) is 9.62 Å². The second-order valence-corrected chi connectivity index (χ2v) is 10.7. The molecule has 4 aliphatic rings. The van der Waals surface area contributed by atoms with Crippen molar-refractivity contribution < 1.29 is 13.2 Å². The number of sulfonamides is 1. The number of hydrogen-bond donors (Lipinski definition) is 1. The first-order valence-electron chi connectivity index (χ1n) is 10.5. The Morgan fingerprint density at radius 3 is 2.52 bits per heavy atom. The summed E-state index contributed by atoms with van der Waals surface area (Å²) in [5.74, 6) is 3.84. The minimum Gasteiger partial charge on any atom is -0.379 e. The van der Waals surface area contributed by atoms with Crippen LogP contribution in [0.3, 0.4) is 0 Å². The normalized spacial score (nSPS) is 36.2. The fourth-order valence-corrected chi connectivity index (χ4v) is 7.67. The summed E-state index contributed by atoms with van der Waals surface area (Å²) in [5, 5.41) is 3.79. The smallest absolute Gasteiger partial charge is 0.243 e. The molecule has 0 unspecified atom stereocenters. The van der Waals surface area contributed by atoms with Gasteiger partial charge in [0.2, 0.25) is 10.0 Å². The van der Waals surface area contributed by atoms with E-state index in [1.807, 2.05) is 12.1 Å². The Morgan fingerprint density at radius 1 is 1.00 bits per heavy atom. The van der Waals surface area contributed by atoms with Gasteiger partial charge in [-0.25, -0.2) is 8.42 Å². The van der Waals surface area contributed by atoms with Crippen molar-refractivity contribution in [3.05, 3.63) is 29.8 Å². The van der Waals surface area contributed by atoms with Gasteiger partial charge in [0.15, 0.2) is 0 Å². The monoisotopic (exact) mass is 390 g/mol. The highest BCUT2D eigenvalue weighted by atomic mass is 32.2. The molecule has 1 saturated heterocycles. The van der Waals surface area contributed by atoms with Crippen LogP contribution in [0, 0.1) is 23.7 Å². The van der Waals surface area contributed by atoms with E-state index in [1.54, 1.807) is 12.1 Å². The standard InChI is InChI=1S/C21H30N2O3S/c24-27(25,23-8-10-26-11-9-23)17-6-4-15(5-7-17)14-22-21-13-16-12-20(21)19-3-1-2-18(16)19/h4-7,16,18-22H,1-3,8-14H2/t16-,18+,19+,20+,21-/m1/s1. The molecule has 5 nitrogen and oxygen atoms in total. The number of ether oxygens (including phenoxy) is 1. The maximum absolute atomic E-state index is 12.7. The van der Waals surface area contributed by atoms with Crippen LogP contribution in [0.5, 0.6) is 0 Å². The van der Waals surface area contributed by atoms with Gasteiger partial charge in [-0.2, -0.15) is 4.31 Å². The molecule has 5 rings (SSSR count). The molecule has 1 heterocycles. The Hall–Kier alpha value is -0.950. The SMILES string of the molecule is O=S(=O)(c1ccc(CN[C@@H]2C[C@H]3C[C@H]2[C@H]2CCC[C@@H]32)cc1)N1CCOCC1. The lowest BCUT2D eigenvalue weighted by Gasteiger charge is -2.32. The van der Waals surface area contributed by atoms with Crippen molar-refractivity contribution in [3.63, 3.8) is 0 Å². The van der Waals surface area contributed by atoms with E-state index in [4.69, 9.17) is 4.74 Å². The average molecular weight is 391 g/mol.